The summed E-state index contributed by atoms with van der Waals surface area (Å²) in [7, 11) is 0. The fourth-order valence-electron chi connectivity index (χ4n) is 0.701. The van der Waals surface area contributed by atoms with Crippen LogP contribution in [0.5, 0.6) is 0 Å². The molecule has 0 aliphatic heterocycles. The largest absolute Gasteiger partial charge is 0.481 e. The van der Waals surface area contributed by atoms with Crippen LogP contribution in [0.1, 0.15) is 54.4 Å². The molecular weight excluding hydrogens is 220 g/mol. The van der Waals surface area contributed by atoms with E-state index in [1.54, 1.807) is 0 Å². The van der Waals surface area contributed by atoms with Gasteiger partial charge >= 0.3 is 5.97 Å². The quantitative estimate of drug-likeness (QED) is 0.703. The molecule has 1 amide bonds. The van der Waals surface area contributed by atoms with Crippen molar-refractivity contribution < 1.29 is 14.7 Å². The average Bonchev–Trinajstić information content (AvgIpc) is 1.93. The van der Waals surface area contributed by atoms with Crippen LogP contribution < -0.4 is 11.1 Å². The van der Waals surface area contributed by atoms with Crippen LogP contribution in [0.4, 0.5) is 0 Å². The molecule has 17 heavy (non-hydrogen) atoms. The third kappa shape index (κ3) is 31.3. The molecule has 0 bridgehead atoms. The normalized spacial score (nSPS) is 11.2. The molecule has 0 unspecified atom stereocenters. The Labute approximate surface area is 104 Å². The van der Waals surface area contributed by atoms with Gasteiger partial charge in [0.1, 0.15) is 0 Å². The molecule has 0 saturated heterocycles. The minimum Gasteiger partial charge on any atom is -0.481 e. The summed E-state index contributed by atoms with van der Waals surface area (Å²) in [5.74, 6) is -1.16. The summed E-state index contributed by atoms with van der Waals surface area (Å²) in [6.07, 6.45) is -0.0610. The minimum absolute atomic E-state index is 0. The molecule has 0 spiro atoms. The Hall–Kier alpha value is -1.10. The number of hydrogen-bond donors (Lipinski definition) is 3. The van der Waals surface area contributed by atoms with E-state index in [9.17, 15) is 9.59 Å². The zero-order valence-corrected chi connectivity index (χ0v) is 11.8. The van der Waals surface area contributed by atoms with Gasteiger partial charge in [-0.25, -0.2) is 0 Å². The summed E-state index contributed by atoms with van der Waals surface area (Å²) in [4.78, 5) is 21.1. The fourth-order valence-corrected chi connectivity index (χ4v) is 0.701. The van der Waals surface area contributed by atoms with Crippen molar-refractivity contribution in [3.8, 4) is 0 Å². The van der Waals surface area contributed by atoms with E-state index in [4.69, 9.17) is 10.8 Å². The van der Waals surface area contributed by atoms with E-state index in [1.807, 2.05) is 41.5 Å². The van der Waals surface area contributed by atoms with Gasteiger partial charge < -0.3 is 16.2 Å². The zero-order valence-electron chi connectivity index (χ0n) is 11.8. The van der Waals surface area contributed by atoms with Crippen molar-refractivity contribution >= 4 is 11.9 Å². The maximum atomic E-state index is 11.0. The van der Waals surface area contributed by atoms with Crippen LogP contribution in [0, 0.1) is 0 Å². The molecule has 0 aliphatic rings. The number of carboxylic acids is 1. The van der Waals surface area contributed by atoms with Crippen LogP contribution in [0.3, 0.4) is 0 Å². The van der Waals surface area contributed by atoms with Crippen LogP contribution in [0.25, 0.3) is 0 Å². The first-order valence-corrected chi connectivity index (χ1v) is 5.63. The maximum absolute atomic E-state index is 11.0. The SMILES string of the molecule is CC(C)(C)N.CC(C)(C)NC(=O)CCC(=O)O. The number of nitrogens with one attached hydrogen (secondary N) is 1. The molecule has 5 heteroatoms. The highest BCUT2D eigenvalue weighted by Gasteiger charge is 2.13. The second-order valence-electron chi connectivity index (χ2n) is 6.06. The highest BCUT2D eigenvalue weighted by atomic mass is 16.4. The molecular formula is C12H26N2O3. The van der Waals surface area contributed by atoms with Crippen molar-refractivity contribution in [2.24, 2.45) is 5.73 Å². The average molecular weight is 246 g/mol. The monoisotopic (exact) mass is 246 g/mol. The number of aliphatic carboxylic acids is 1. The zero-order chi connectivity index (χ0) is 14.3. The third-order valence-electron chi connectivity index (χ3n) is 1.08. The predicted octanol–water partition coefficient (Wildman–Crippen LogP) is 1.51. The van der Waals surface area contributed by atoms with Gasteiger partial charge in [-0.3, -0.25) is 9.59 Å². The molecule has 5 nitrogen and oxygen atoms in total. The van der Waals surface area contributed by atoms with Crippen LogP contribution in [0.15, 0.2) is 0 Å². The Morgan fingerprint density at radius 2 is 1.41 bits per heavy atom. The Bertz CT molecular complexity index is 243. The van der Waals surface area contributed by atoms with Crippen LogP contribution in [-0.2, 0) is 9.59 Å². The molecule has 0 fully saturated rings. The summed E-state index contributed by atoms with van der Waals surface area (Å²) in [6, 6.07) is 0. The molecule has 102 valence electrons. The molecule has 0 aromatic rings. The van der Waals surface area contributed by atoms with E-state index in [1.165, 1.54) is 0 Å². The Morgan fingerprint density at radius 1 is 1.06 bits per heavy atom. The van der Waals surface area contributed by atoms with E-state index in [-0.39, 0.29) is 29.8 Å². The first-order valence-electron chi connectivity index (χ1n) is 5.63. The number of carbonyl (C=O) groups excluding carboxylic acids is 1. The van der Waals surface area contributed by atoms with Crippen molar-refractivity contribution in [1.29, 1.82) is 0 Å². The highest BCUT2D eigenvalue weighted by Crippen LogP contribution is 2.00. The lowest BCUT2D eigenvalue weighted by atomic mass is 10.1. The van der Waals surface area contributed by atoms with Gasteiger partial charge in [0.2, 0.25) is 5.91 Å². The first kappa shape index (κ1) is 18.3. The third-order valence-corrected chi connectivity index (χ3v) is 1.08. The summed E-state index contributed by atoms with van der Waals surface area (Å²) >= 11 is 0. The molecule has 0 rings (SSSR count). The molecule has 0 aliphatic carbocycles. The van der Waals surface area contributed by atoms with Crippen LogP contribution >= 0.6 is 0 Å². The smallest absolute Gasteiger partial charge is 0.303 e. The van der Waals surface area contributed by atoms with E-state index in [2.05, 4.69) is 5.32 Å². The maximum Gasteiger partial charge on any atom is 0.303 e. The summed E-state index contributed by atoms with van der Waals surface area (Å²) < 4.78 is 0. The lowest BCUT2D eigenvalue weighted by molar-refractivity contribution is -0.139. The highest BCUT2D eigenvalue weighted by molar-refractivity contribution is 5.81. The number of nitrogens with two attached hydrogens (primary N) is 1. The fraction of sp³-hybridized carbons (Fsp3) is 0.833. The summed E-state index contributed by atoms with van der Waals surface area (Å²) in [6.45, 7) is 11.5. The van der Waals surface area contributed by atoms with Gasteiger partial charge in [-0.05, 0) is 41.5 Å². The van der Waals surface area contributed by atoms with E-state index < -0.39 is 5.97 Å². The second kappa shape index (κ2) is 7.27. The number of carbonyl (C=O) groups is 2. The van der Waals surface area contributed by atoms with Gasteiger partial charge in [0.25, 0.3) is 0 Å². The molecule has 0 heterocycles. The van der Waals surface area contributed by atoms with E-state index in [0.717, 1.165) is 0 Å². The van der Waals surface area contributed by atoms with Crippen molar-refractivity contribution in [2.45, 2.75) is 65.5 Å². The number of amides is 1. The Balaban J connectivity index is 0. The molecule has 0 atom stereocenters. The second-order valence-corrected chi connectivity index (χ2v) is 6.06. The summed E-state index contributed by atoms with van der Waals surface area (Å²) in [5, 5.41) is 11.0. The Morgan fingerprint density at radius 3 is 1.65 bits per heavy atom. The standard InChI is InChI=1S/C8H15NO3.C4H11N/c1-8(2,3)9-6(10)4-5-7(11)12;1-4(2,3)5/h4-5H2,1-3H3,(H,9,10)(H,11,12);5H2,1-3H3. The number of hydrogen-bond acceptors (Lipinski definition) is 3. The van der Waals surface area contributed by atoms with Gasteiger partial charge in [0.05, 0.1) is 6.42 Å². The minimum atomic E-state index is -0.945. The molecule has 0 aromatic carbocycles. The van der Waals surface area contributed by atoms with E-state index >= 15 is 0 Å². The predicted molar refractivity (Wildman–Crippen MR) is 68.7 cm³/mol. The molecule has 0 saturated carbocycles. The van der Waals surface area contributed by atoms with Gasteiger partial charge in [0, 0.05) is 17.5 Å². The van der Waals surface area contributed by atoms with Gasteiger partial charge in [-0.1, -0.05) is 0 Å². The molecule has 4 N–H and O–H groups in total. The van der Waals surface area contributed by atoms with Crippen LogP contribution in [-0.4, -0.2) is 28.1 Å². The van der Waals surface area contributed by atoms with Gasteiger partial charge in [0.15, 0.2) is 0 Å². The first-order chi connectivity index (χ1) is 7.31. The molecule has 0 radical (unpaired) electrons. The van der Waals surface area contributed by atoms with Crippen molar-refractivity contribution in [1.82, 2.24) is 5.32 Å². The van der Waals surface area contributed by atoms with Crippen molar-refractivity contribution in [2.75, 3.05) is 0 Å². The van der Waals surface area contributed by atoms with Gasteiger partial charge in [-0.15, -0.1) is 0 Å². The van der Waals surface area contributed by atoms with Crippen LogP contribution in [0.2, 0.25) is 0 Å². The van der Waals surface area contributed by atoms with Crippen molar-refractivity contribution in [3.05, 3.63) is 0 Å². The Kier molecular flexibility index (Phi) is 7.81. The van der Waals surface area contributed by atoms with Gasteiger partial charge in [-0.2, -0.15) is 0 Å². The van der Waals surface area contributed by atoms with E-state index in [0.29, 0.717) is 0 Å². The number of carboxylic acid groups (broad SMARTS) is 1. The van der Waals surface area contributed by atoms with Crippen molar-refractivity contribution in [3.63, 3.8) is 0 Å². The molecule has 0 aromatic heterocycles. The topological polar surface area (TPSA) is 92.4 Å². The number of rotatable bonds is 3. The summed E-state index contributed by atoms with van der Waals surface area (Å²) in [5.41, 5.74) is 5.07. The lowest BCUT2D eigenvalue weighted by Gasteiger charge is -2.20. The lowest BCUT2D eigenvalue weighted by Crippen LogP contribution is -2.40.